The van der Waals surface area contributed by atoms with Gasteiger partial charge in [-0.15, -0.1) is 0 Å². The Morgan fingerprint density at radius 1 is 1.29 bits per heavy atom. The zero-order valence-corrected chi connectivity index (χ0v) is 13.4. The Morgan fingerprint density at radius 2 is 2.00 bits per heavy atom. The first-order valence-corrected chi connectivity index (χ1v) is 7.62. The van der Waals surface area contributed by atoms with E-state index in [1.807, 2.05) is 12.1 Å². The number of piperidine rings is 1. The molecular weight excluding hydrogens is 260 g/mol. The molecule has 0 unspecified atom stereocenters. The Morgan fingerprint density at radius 3 is 2.62 bits per heavy atom. The molecule has 0 radical (unpaired) electrons. The highest BCUT2D eigenvalue weighted by atomic mass is 16.5. The van der Waals surface area contributed by atoms with Crippen LogP contribution in [-0.4, -0.2) is 31.6 Å². The van der Waals surface area contributed by atoms with Crippen molar-refractivity contribution >= 4 is 0 Å². The van der Waals surface area contributed by atoms with Gasteiger partial charge in [0.25, 0.3) is 0 Å². The molecule has 1 heterocycles. The molecule has 1 fully saturated rings. The third-order valence-corrected chi connectivity index (χ3v) is 4.24. The van der Waals surface area contributed by atoms with Gasteiger partial charge in [-0.2, -0.15) is 0 Å². The van der Waals surface area contributed by atoms with Crippen LogP contribution >= 0.6 is 0 Å². The van der Waals surface area contributed by atoms with Crippen LogP contribution in [0.4, 0.5) is 0 Å². The number of likely N-dealkylation sites (tertiary alicyclic amines) is 1. The monoisotopic (exact) mass is 286 g/mol. The van der Waals surface area contributed by atoms with Crippen LogP contribution < -0.4 is 10.5 Å². The highest BCUT2D eigenvalue weighted by molar-refractivity contribution is 5.45. The van der Waals surface area contributed by atoms with Crippen molar-refractivity contribution in [1.82, 2.24) is 4.90 Å². The summed E-state index contributed by atoms with van der Waals surface area (Å²) >= 11 is 0. The maximum atomic E-state index is 5.49. The van der Waals surface area contributed by atoms with E-state index < -0.39 is 0 Å². The van der Waals surface area contributed by atoms with Gasteiger partial charge in [-0.05, 0) is 55.1 Å². The quantitative estimate of drug-likeness (QED) is 0.868. The van der Waals surface area contributed by atoms with Gasteiger partial charge in [0, 0.05) is 12.1 Å². The van der Waals surface area contributed by atoms with Crippen molar-refractivity contribution in [2.75, 3.05) is 26.7 Å². The van der Waals surface area contributed by atoms with Crippen molar-refractivity contribution in [3.05, 3.63) is 29.3 Å². The normalized spacial score (nSPS) is 17.9. The second kappa shape index (κ2) is 6.98. The molecule has 0 atom stereocenters. The summed E-state index contributed by atoms with van der Waals surface area (Å²) < 4.78 is 5.35. The lowest BCUT2D eigenvalue weighted by Gasteiger charge is -2.37. The molecule has 1 aromatic rings. The lowest BCUT2D eigenvalue weighted by atomic mass is 9.82. The second-order valence-electron chi connectivity index (χ2n) is 6.47. The maximum absolute atomic E-state index is 5.49. The lowest BCUT2D eigenvalue weighted by Crippen LogP contribution is -2.36. The molecule has 1 aliphatic rings. The molecular formula is C18H26N2O. The van der Waals surface area contributed by atoms with Crippen molar-refractivity contribution in [2.45, 2.75) is 33.2 Å². The Kier molecular flexibility index (Phi) is 5.27. The number of methoxy groups -OCH3 is 1. The van der Waals surface area contributed by atoms with E-state index in [0.29, 0.717) is 12.0 Å². The molecule has 1 aliphatic heterocycles. The number of hydrogen-bond acceptors (Lipinski definition) is 3. The van der Waals surface area contributed by atoms with Crippen molar-refractivity contribution in [3.8, 4) is 17.6 Å². The number of nitrogens with zero attached hydrogens (tertiary/aromatic N) is 1. The fourth-order valence-corrected chi connectivity index (χ4v) is 2.65. The first kappa shape index (κ1) is 15.9. The number of rotatable bonds is 3. The predicted molar refractivity (Wildman–Crippen MR) is 87.2 cm³/mol. The van der Waals surface area contributed by atoms with Crippen molar-refractivity contribution in [3.63, 3.8) is 0 Å². The number of benzene rings is 1. The molecule has 3 heteroatoms. The third-order valence-electron chi connectivity index (χ3n) is 4.24. The van der Waals surface area contributed by atoms with Gasteiger partial charge in [-0.25, -0.2) is 0 Å². The minimum atomic E-state index is 0.392. The summed E-state index contributed by atoms with van der Waals surface area (Å²) in [6.45, 7) is 8.33. The van der Waals surface area contributed by atoms with Crippen LogP contribution in [0, 0.1) is 17.3 Å². The largest absolute Gasteiger partial charge is 0.497 e. The SMILES string of the molecule is COc1ccc(C#CCN)c(CN2CCC(C)(C)CC2)c1. The van der Waals surface area contributed by atoms with Gasteiger partial charge in [0.15, 0.2) is 0 Å². The van der Waals surface area contributed by atoms with E-state index in [1.165, 1.54) is 18.4 Å². The molecule has 2 N–H and O–H groups in total. The van der Waals surface area contributed by atoms with Crippen LogP contribution in [0.15, 0.2) is 18.2 Å². The van der Waals surface area contributed by atoms with E-state index in [-0.39, 0.29) is 0 Å². The lowest BCUT2D eigenvalue weighted by molar-refractivity contribution is 0.127. The fourth-order valence-electron chi connectivity index (χ4n) is 2.65. The van der Waals surface area contributed by atoms with Crippen LogP contribution in [0.5, 0.6) is 5.75 Å². The average Bonchev–Trinajstić information content (AvgIpc) is 2.48. The van der Waals surface area contributed by atoms with E-state index >= 15 is 0 Å². The molecule has 0 amide bonds. The van der Waals surface area contributed by atoms with E-state index in [2.05, 4.69) is 36.7 Å². The molecule has 3 nitrogen and oxygen atoms in total. The summed E-state index contributed by atoms with van der Waals surface area (Å²) in [7, 11) is 1.70. The third kappa shape index (κ3) is 4.49. The number of ether oxygens (including phenoxy) is 1. The molecule has 0 aliphatic carbocycles. The minimum absolute atomic E-state index is 0.392. The number of hydrogen-bond donors (Lipinski definition) is 1. The second-order valence-corrected chi connectivity index (χ2v) is 6.47. The fraction of sp³-hybridized carbons (Fsp3) is 0.556. The molecule has 2 rings (SSSR count). The summed E-state index contributed by atoms with van der Waals surface area (Å²) in [4.78, 5) is 2.51. The van der Waals surface area contributed by atoms with Gasteiger partial charge in [0.2, 0.25) is 0 Å². The summed E-state index contributed by atoms with van der Waals surface area (Å²) in [6, 6.07) is 6.09. The van der Waals surface area contributed by atoms with Crippen LogP contribution in [0.25, 0.3) is 0 Å². The van der Waals surface area contributed by atoms with Crippen molar-refractivity contribution < 1.29 is 4.74 Å². The van der Waals surface area contributed by atoms with E-state index in [9.17, 15) is 0 Å². The predicted octanol–water partition coefficient (Wildman–Crippen LogP) is 2.63. The van der Waals surface area contributed by atoms with E-state index in [1.54, 1.807) is 7.11 Å². The van der Waals surface area contributed by atoms with Crippen molar-refractivity contribution in [2.24, 2.45) is 11.1 Å². The summed E-state index contributed by atoms with van der Waals surface area (Å²) in [5.41, 5.74) is 8.26. The van der Waals surface area contributed by atoms with Gasteiger partial charge < -0.3 is 10.5 Å². The Balaban J connectivity index is 2.14. The van der Waals surface area contributed by atoms with Crippen LogP contribution in [0.1, 0.15) is 37.8 Å². The smallest absolute Gasteiger partial charge is 0.119 e. The Hall–Kier alpha value is -1.50. The first-order chi connectivity index (χ1) is 10.0. The Labute approximate surface area is 128 Å². The molecule has 21 heavy (non-hydrogen) atoms. The zero-order valence-electron chi connectivity index (χ0n) is 13.4. The summed E-state index contributed by atoms with van der Waals surface area (Å²) in [5.74, 6) is 7.01. The molecule has 1 aromatic carbocycles. The van der Waals surface area contributed by atoms with Crippen LogP contribution in [0.3, 0.4) is 0 Å². The van der Waals surface area contributed by atoms with Crippen LogP contribution in [0.2, 0.25) is 0 Å². The molecule has 0 spiro atoms. The highest BCUT2D eigenvalue weighted by Gasteiger charge is 2.25. The standard InChI is InChI=1S/C18H26N2O/c1-18(2)8-11-20(12-9-18)14-16-13-17(21-3)7-6-15(16)5-4-10-19/h6-7,13H,8-12,14,19H2,1-3H3. The Bertz CT molecular complexity index is 530. The maximum Gasteiger partial charge on any atom is 0.119 e. The van der Waals surface area contributed by atoms with Gasteiger partial charge >= 0.3 is 0 Å². The molecule has 0 saturated carbocycles. The minimum Gasteiger partial charge on any atom is -0.497 e. The summed E-state index contributed by atoms with van der Waals surface area (Å²) in [6.07, 6.45) is 2.50. The highest BCUT2D eigenvalue weighted by Crippen LogP contribution is 2.31. The van der Waals surface area contributed by atoms with Gasteiger partial charge in [-0.3, -0.25) is 4.90 Å². The topological polar surface area (TPSA) is 38.5 Å². The summed E-state index contributed by atoms with van der Waals surface area (Å²) in [5, 5.41) is 0. The van der Waals surface area contributed by atoms with Gasteiger partial charge in [0.1, 0.15) is 5.75 Å². The van der Waals surface area contributed by atoms with Crippen molar-refractivity contribution in [1.29, 1.82) is 0 Å². The molecule has 114 valence electrons. The zero-order chi connectivity index (χ0) is 15.3. The van der Waals surface area contributed by atoms with Gasteiger partial charge in [-0.1, -0.05) is 25.7 Å². The molecule has 0 aromatic heterocycles. The van der Waals surface area contributed by atoms with E-state index in [0.717, 1.165) is 30.9 Å². The van der Waals surface area contributed by atoms with Gasteiger partial charge in [0.05, 0.1) is 13.7 Å². The average molecular weight is 286 g/mol. The van der Waals surface area contributed by atoms with E-state index in [4.69, 9.17) is 10.5 Å². The number of nitrogens with two attached hydrogens (primary N) is 1. The molecule has 1 saturated heterocycles. The van der Waals surface area contributed by atoms with Crippen LogP contribution in [-0.2, 0) is 6.54 Å². The first-order valence-electron chi connectivity index (χ1n) is 7.62. The molecule has 0 bridgehead atoms.